The molecular formula is C52H94ClN3O16Si. The number of nitrogens with one attached hydrogen (secondary N) is 1. The van der Waals surface area contributed by atoms with E-state index >= 15 is 0 Å². The van der Waals surface area contributed by atoms with Crippen LogP contribution in [0.2, 0.25) is 6.04 Å². The molecule has 0 aromatic heterocycles. The second-order valence-electron chi connectivity index (χ2n) is 16.7. The van der Waals surface area contributed by atoms with Crippen LogP contribution in [0.5, 0.6) is 0 Å². The van der Waals surface area contributed by atoms with Gasteiger partial charge in [0.15, 0.2) is 9.76 Å². The van der Waals surface area contributed by atoms with Crippen LogP contribution in [-0.4, -0.2) is 161 Å². The summed E-state index contributed by atoms with van der Waals surface area (Å²) in [5, 5.41) is 2.34. The Bertz CT molecular complexity index is 1440. The summed E-state index contributed by atoms with van der Waals surface area (Å²) in [4.78, 5) is 103. The zero-order valence-electron chi connectivity index (χ0n) is 45.7. The molecule has 0 aliphatic carbocycles. The quantitative estimate of drug-likeness (QED) is 0.0158. The Hall–Kier alpha value is -4.66. The van der Waals surface area contributed by atoms with Crippen molar-refractivity contribution >= 4 is 74.2 Å². The van der Waals surface area contributed by atoms with E-state index in [0.717, 1.165) is 77.0 Å². The predicted molar refractivity (Wildman–Crippen MR) is 285 cm³/mol. The molecule has 0 fully saturated rings. The lowest BCUT2D eigenvalue weighted by molar-refractivity contribution is -0.152. The fourth-order valence-corrected chi connectivity index (χ4v) is 7.35. The Labute approximate surface area is 444 Å². The number of amides is 2. The SMILES string of the molecule is C=CCCCCCCCCC(=O)Cl.C=CCCCCCCCCC(=O)N(CC(=O)OC)CC(=O)OC.COC(=O)CNCC(=O)OC.CO[SiH2]CCCCCCCCCCC(=O)N(CC(=O)OC)CC(=O)OC. The van der Waals surface area contributed by atoms with Gasteiger partial charge in [0.25, 0.3) is 0 Å². The lowest BCUT2D eigenvalue weighted by atomic mass is 10.1. The summed E-state index contributed by atoms with van der Waals surface area (Å²) < 4.78 is 32.0. The molecule has 1 N–H and O–H groups in total. The Morgan fingerprint density at radius 3 is 0.959 bits per heavy atom. The molecule has 0 radical (unpaired) electrons. The molecule has 424 valence electrons. The van der Waals surface area contributed by atoms with E-state index in [-0.39, 0.29) is 66.1 Å². The summed E-state index contributed by atoms with van der Waals surface area (Å²) in [6.07, 6.45) is 29.7. The summed E-state index contributed by atoms with van der Waals surface area (Å²) in [5.74, 6) is -3.46. The first kappa shape index (κ1) is 74.9. The molecule has 0 saturated carbocycles. The van der Waals surface area contributed by atoms with Crippen molar-refractivity contribution in [3.63, 3.8) is 0 Å². The van der Waals surface area contributed by atoms with E-state index < -0.39 is 35.8 Å². The molecule has 0 rings (SSSR count). The van der Waals surface area contributed by atoms with Gasteiger partial charge in [-0.25, -0.2) is 0 Å². The number of nitrogens with zero attached hydrogens (tertiary/aromatic N) is 2. The van der Waals surface area contributed by atoms with Crippen LogP contribution in [-0.2, 0) is 76.0 Å². The summed E-state index contributed by atoms with van der Waals surface area (Å²) >= 11 is 5.21. The number of rotatable bonds is 42. The number of halogens is 1. The Morgan fingerprint density at radius 2 is 0.685 bits per heavy atom. The molecule has 0 aromatic carbocycles. The van der Waals surface area contributed by atoms with Crippen molar-refractivity contribution in [2.75, 3.05) is 89.0 Å². The lowest BCUT2D eigenvalue weighted by Crippen LogP contribution is -2.40. The number of esters is 6. The van der Waals surface area contributed by atoms with Crippen molar-refractivity contribution in [1.82, 2.24) is 15.1 Å². The van der Waals surface area contributed by atoms with Gasteiger partial charge in [-0.3, -0.25) is 48.5 Å². The monoisotopic (exact) mass is 1080 g/mol. The smallest absolute Gasteiger partial charge is 0.325 e. The minimum absolute atomic E-state index is 0.0194. The van der Waals surface area contributed by atoms with Crippen molar-refractivity contribution in [3.05, 3.63) is 25.3 Å². The van der Waals surface area contributed by atoms with Gasteiger partial charge in [-0.05, 0) is 62.6 Å². The molecule has 0 aliphatic heterocycles. The van der Waals surface area contributed by atoms with Crippen LogP contribution >= 0.6 is 11.6 Å². The molecule has 73 heavy (non-hydrogen) atoms. The number of unbranched alkanes of at least 4 members (excludes halogenated alkanes) is 19. The van der Waals surface area contributed by atoms with Crippen LogP contribution < -0.4 is 5.32 Å². The zero-order valence-corrected chi connectivity index (χ0v) is 47.9. The standard InChI is InChI=1S/C18H35NO6Si.C17H29NO5.C11H19ClO.C6H11NO4/c1-23-17(21)14-19(15-18(22)24-2)16(20)12-10-8-6-4-5-7-9-11-13-26-25-3;1-4-5-6-7-8-9-10-11-12-15(19)18(13-16(20)22-2)14-17(21)23-3;1-2-3-4-5-6-7-8-9-10-11(12)13;1-10-5(8)3-7-4-6(9)11-2/h4-15,26H2,1-3H3;4H,1,5-14H2,2-3H3;2H,1,3-10H2;7H,3-4H2,1-2H3. The minimum atomic E-state index is -0.551. The van der Waals surface area contributed by atoms with E-state index in [1.54, 1.807) is 7.11 Å². The third-order valence-electron chi connectivity index (χ3n) is 10.7. The van der Waals surface area contributed by atoms with Gasteiger partial charge in [0.05, 0.1) is 55.7 Å². The highest BCUT2D eigenvalue weighted by Crippen LogP contribution is 2.13. The lowest BCUT2D eigenvalue weighted by Gasteiger charge is -2.20. The van der Waals surface area contributed by atoms with Crippen molar-refractivity contribution < 1.29 is 76.0 Å². The number of hydrogen-bond acceptors (Lipinski definition) is 17. The molecule has 0 aromatic rings. The molecular weight excluding hydrogens is 986 g/mol. The summed E-state index contributed by atoms with van der Waals surface area (Å²) in [7, 11) is 9.09. The average Bonchev–Trinajstić information content (AvgIpc) is 3.38. The van der Waals surface area contributed by atoms with Crippen molar-refractivity contribution in [1.29, 1.82) is 0 Å². The summed E-state index contributed by atoms with van der Waals surface area (Å²) in [5.41, 5.74) is 0. The van der Waals surface area contributed by atoms with Gasteiger partial charge >= 0.3 is 35.8 Å². The second kappa shape index (κ2) is 58.2. The molecule has 0 aliphatic rings. The molecule has 0 bridgehead atoms. The van der Waals surface area contributed by atoms with Gasteiger partial charge < -0.3 is 42.6 Å². The van der Waals surface area contributed by atoms with Gasteiger partial charge in [-0.15, -0.1) is 13.2 Å². The second-order valence-corrected chi connectivity index (χ2v) is 18.9. The maximum atomic E-state index is 12.2. The van der Waals surface area contributed by atoms with Crippen molar-refractivity contribution in [2.45, 2.75) is 167 Å². The summed E-state index contributed by atoms with van der Waals surface area (Å²) in [6, 6.07) is 1.27. The average molecular weight is 1080 g/mol. The van der Waals surface area contributed by atoms with Gasteiger partial charge in [0.1, 0.15) is 26.2 Å². The van der Waals surface area contributed by atoms with E-state index in [2.05, 4.69) is 46.9 Å². The highest BCUT2D eigenvalue weighted by atomic mass is 35.5. The third-order valence-corrected chi connectivity index (χ3v) is 12.1. The largest absolute Gasteiger partial charge is 0.468 e. The highest BCUT2D eigenvalue weighted by molar-refractivity contribution is 6.63. The van der Waals surface area contributed by atoms with Gasteiger partial charge in [0, 0.05) is 26.4 Å². The number of allylic oxidation sites excluding steroid dienone is 2. The van der Waals surface area contributed by atoms with Crippen LogP contribution in [0.4, 0.5) is 0 Å². The predicted octanol–water partition coefficient (Wildman–Crippen LogP) is 7.27. The van der Waals surface area contributed by atoms with Crippen molar-refractivity contribution in [2.24, 2.45) is 0 Å². The molecule has 0 heterocycles. The Balaban J connectivity index is -0.000000460. The molecule has 0 spiro atoms. The fourth-order valence-electron chi connectivity index (χ4n) is 6.37. The molecule has 21 heteroatoms. The molecule has 0 saturated heterocycles. The van der Waals surface area contributed by atoms with Crippen LogP contribution in [0.15, 0.2) is 25.3 Å². The number of ether oxygens (including phenoxy) is 6. The van der Waals surface area contributed by atoms with E-state index in [0.29, 0.717) is 19.3 Å². The van der Waals surface area contributed by atoms with Crippen LogP contribution in [0.25, 0.3) is 0 Å². The third kappa shape index (κ3) is 58.1. The van der Waals surface area contributed by atoms with E-state index in [9.17, 15) is 43.2 Å². The van der Waals surface area contributed by atoms with E-state index in [1.807, 2.05) is 12.2 Å². The molecule has 19 nitrogen and oxygen atoms in total. The maximum Gasteiger partial charge on any atom is 0.325 e. The van der Waals surface area contributed by atoms with E-state index in [4.69, 9.17) is 16.0 Å². The first-order valence-electron chi connectivity index (χ1n) is 25.6. The first-order chi connectivity index (χ1) is 35.1. The van der Waals surface area contributed by atoms with E-state index in [1.165, 1.54) is 123 Å². The normalized spacial score (nSPS) is 10.1. The minimum Gasteiger partial charge on any atom is -0.468 e. The van der Waals surface area contributed by atoms with Crippen molar-refractivity contribution in [3.8, 4) is 0 Å². The van der Waals surface area contributed by atoms with Gasteiger partial charge in [0.2, 0.25) is 17.1 Å². The van der Waals surface area contributed by atoms with Crippen LogP contribution in [0.3, 0.4) is 0 Å². The van der Waals surface area contributed by atoms with Crippen LogP contribution in [0, 0.1) is 0 Å². The number of hydrogen-bond donors (Lipinski definition) is 1. The topological polar surface area (TPSA) is 237 Å². The summed E-state index contributed by atoms with van der Waals surface area (Å²) in [6.45, 7) is 6.49. The number of methoxy groups -OCH3 is 6. The zero-order chi connectivity index (χ0) is 55.8. The van der Waals surface area contributed by atoms with Crippen LogP contribution in [0.1, 0.15) is 161 Å². The maximum absolute atomic E-state index is 12.2. The fraction of sp³-hybridized carbons (Fsp3) is 0.750. The van der Waals surface area contributed by atoms with Gasteiger partial charge in [-0.1, -0.05) is 108 Å². The number of carbonyl (C=O) groups is 9. The molecule has 2 amide bonds. The molecule has 0 atom stereocenters. The Morgan fingerprint density at radius 1 is 0.411 bits per heavy atom. The Kier molecular flexibility index (Phi) is 59.7. The van der Waals surface area contributed by atoms with Gasteiger partial charge in [-0.2, -0.15) is 0 Å². The highest BCUT2D eigenvalue weighted by Gasteiger charge is 2.22. The first-order valence-corrected chi connectivity index (χ1v) is 27.6. The number of carbonyl (C=O) groups excluding carboxylic acids is 9. The molecule has 0 unspecified atom stereocenters.